The maximum absolute atomic E-state index is 13.2. The summed E-state index contributed by atoms with van der Waals surface area (Å²) in [5, 5.41) is 3.10. The number of pyridine rings is 1. The van der Waals surface area contributed by atoms with Gasteiger partial charge in [0.2, 0.25) is 10.0 Å². The summed E-state index contributed by atoms with van der Waals surface area (Å²) in [6.45, 7) is 3.33. The van der Waals surface area contributed by atoms with Crippen LogP contribution < -0.4 is 16.8 Å². The molecule has 0 radical (unpaired) electrons. The molecule has 34 heavy (non-hydrogen) atoms. The van der Waals surface area contributed by atoms with E-state index in [0.717, 1.165) is 12.1 Å². The summed E-state index contributed by atoms with van der Waals surface area (Å²) in [6.07, 6.45) is -3.35. The van der Waals surface area contributed by atoms with E-state index in [2.05, 4.69) is 20.3 Å². The van der Waals surface area contributed by atoms with E-state index in [1.54, 1.807) is 13.8 Å². The van der Waals surface area contributed by atoms with E-state index in [4.69, 9.17) is 11.5 Å². The van der Waals surface area contributed by atoms with Crippen molar-refractivity contribution in [2.24, 2.45) is 0 Å². The van der Waals surface area contributed by atoms with Crippen LogP contribution in [0.5, 0.6) is 0 Å². The number of halogens is 3. The predicted molar refractivity (Wildman–Crippen MR) is 120 cm³/mol. The SMILES string of the molecule is Cc1nc2c(c(NC(C)c3cc(N)cc(C(F)(F)F)c3)n1)CN(S(=O)(=O)c1ccc(N)nc1)C2. The highest BCUT2D eigenvalue weighted by Crippen LogP contribution is 2.35. The van der Waals surface area contributed by atoms with Crippen molar-refractivity contribution in [3.63, 3.8) is 0 Å². The minimum Gasteiger partial charge on any atom is -0.399 e. The summed E-state index contributed by atoms with van der Waals surface area (Å²) >= 11 is 0. The number of fused-ring (bicyclic) bond motifs is 1. The van der Waals surface area contributed by atoms with Crippen LogP contribution in [0.2, 0.25) is 0 Å². The van der Waals surface area contributed by atoms with Gasteiger partial charge in [0.1, 0.15) is 22.4 Å². The van der Waals surface area contributed by atoms with Gasteiger partial charge in [0.05, 0.1) is 23.8 Å². The second-order valence-electron chi connectivity index (χ2n) is 7.99. The van der Waals surface area contributed by atoms with E-state index in [0.29, 0.717) is 28.5 Å². The smallest absolute Gasteiger partial charge is 0.399 e. The largest absolute Gasteiger partial charge is 0.416 e. The van der Waals surface area contributed by atoms with E-state index in [9.17, 15) is 21.6 Å². The van der Waals surface area contributed by atoms with Crippen molar-refractivity contribution < 1.29 is 21.6 Å². The molecule has 13 heteroatoms. The fraction of sp³-hybridized carbons (Fsp3) is 0.286. The van der Waals surface area contributed by atoms with Crippen molar-refractivity contribution in [1.82, 2.24) is 19.3 Å². The zero-order valence-electron chi connectivity index (χ0n) is 18.3. The van der Waals surface area contributed by atoms with Crippen LogP contribution in [0.1, 0.15) is 41.2 Å². The second kappa shape index (κ2) is 8.40. The third-order valence-corrected chi connectivity index (χ3v) is 7.20. The Bertz CT molecular complexity index is 1350. The Morgan fingerprint density at radius 1 is 1.12 bits per heavy atom. The lowest BCUT2D eigenvalue weighted by Gasteiger charge is -2.19. The number of rotatable bonds is 5. The van der Waals surface area contributed by atoms with Crippen LogP contribution in [0.4, 0.5) is 30.5 Å². The molecule has 4 rings (SSSR count). The molecule has 1 aliphatic rings. The lowest BCUT2D eigenvalue weighted by molar-refractivity contribution is -0.137. The molecule has 0 saturated carbocycles. The molecule has 1 unspecified atom stereocenters. The molecule has 0 fully saturated rings. The lowest BCUT2D eigenvalue weighted by atomic mass is 10.0. The highest BCUT2D eigenvalue weighted by Gasteiger charge is 2.35. The van der Waals surface area contributed by atoms with Gasteiger partial charge in [0, 0.05) is 24.0 Å². The van der Waals surface area contributed by atoms with Gasteiger partial charge >= 0.3 is 6.18 Å². The van der Waals surface area contributed by atoms with Gasteiger partial charge in [0.15, 0.2) is 0 Å². The third kappa shape index (κ3) is 4.61. The van der Waals surface area contributed by atoms with E-state index >= 15 is 0 Å². The molecule has 3 aromatic rings. The topological polar surface area (TPSA) is 140 Å². The number of anilines is 3. The van der Waals surface area contributed by atoms with Gasteiger partial charge in [-0.15, -0.1) is 0 Å². The van der Waals surface area contributed by atoms with Crippen molar-refractivity contribution in [2.75, 3.05) is 16.8 Å². The normalized spacial score (nSPS) is 15.2. The molecule has 0 aliphatic carbocycles. The van der Waals surface area contributed by atoms with Gasteiger partial charge in [-0.25, -0.2) is 23.4 Å². The fourth-order valence-electron chi connectivity index (χ4n) is 3.71. The number of sulfonamides is 1. The first-order chi connectivity index (χ1) is 15.8. The molecule has 9 nitrogen and oxygen atoms in total. The molecule has 0 amide bonds. The summed E-state index contributed by atoms with van der Waals surface area (Å²) in [4.78, 5) is 12.6. The summed E-state index contributed by atoms with van der Waals surface area (Å²) in [5.41, 5.74) is 11.7. The van der Waals surface area contributed by atoms with Crippen molar-refractivity contribution in [1.29, 1.82) is 0 Å². The fourth-order valence-corrected chi connectivity index (χ4v) is 5.03. The van der Waals surface area contributed by atoms with Crippen molar-refractivity contribution in [3.05, 3.63) is 64.7 Å². The van der Waals surface area contributed by atoms with Crippen LogP contribution in [-0.2, 0) is 29.3 Å². The van der Waals surface area contributed by atoms with Gasteiger partial charge in [-0.2, -0.15) is 17.5 Å². The second-order valence-corrected chi connectivity index (χ2v) is 9.93. The molecule has 0 spiro atoms. The summed E-state index contributed by atoms with van der Waals surface area (Å²) in [5.74, 6) is 0.936. The predicted octanol–water partition coefficient (Wildman–Crippen LogP) is 3.24. The molecule has 1 aromatic carbocycles. The van der Waals surface area contributed by atoms with Crippen LogP contribution in [0, 0.1) is 6.92 Å². The standard InChI is InChI=1S/C21H22F3N7O2S/c1-11(13-5-14(21(22,23)24)7-15(25)6-13)28-20-17-9-31(10-18(17)29-12(2)30-20)34(32,33)16-3-4-19(26)27-8-16/h3-8,11H,9-10,25H2,1-2H3,(H2,26,27)(H,28,29,30). The Kier molecular flexibility index (Phi) is 5.85. The third-order valence-electron chi connectivity index (χ3n) is 5.42. The minimum atomic E-state index is -4.54. The molecule has 0 bridgehead atoms. The van der Waals surface area contributed by atoms with Gasteiger partial charge < -0.3 is 16.8 Å². The van der Waals surface area contributed by atoms with Crippen LogP contribution in [-0.4, -0.2) is 27.7 Å². The molecular weight excluding hydrogens is 471 g/mol. The number of alkyl halides is 3. The first kappa shape index (κ1) is 23.7. The zero-order valence-corrected chi connectivity index (χ0v) is 19.1. The monoisotopic (exact) mass is 493 g/mol. The van der Waals surface area contributed by atoms with Crippen LogP contribution >= 0.6 is 0 Å². The van der Waals surface area contributed by atoms with Crippen LogP contribution in [0.25, 0.3) is 0 Å². The number of hydrogen-bond donors (Lipinski definition) is 3. The number of nitrogens with zero attached hydrogens (tertiary/aromatic N) is 4. The van der Waals surface area contributed by atoms with Gasteiger partial charge in [-0.1, -0.05) is 0 Å². The molecule has 5 N–H and O–H groups in total. The van der Waals surface area contributed by atoms with Crippen molar-refractivity contribution in [2.45, 2.75) is 44.1 Å². The van der Waals surface area contributed by atoms with Crippen molar-refractivity contribution in [3.8, 4) is 0 Å². The Morgan fingerprint density at radius 3 is 2.50 bits per heavy atom. The summed E-state index contributed by atoms with van der Waals surface area (Å²) < 4.78 is 67.0. The molecule has 0 saturated heterocycles. The highest BCUT2D eigenvalue weighted by molar-refractivity contribution is 7.89. The van der Waals surface area contributed by atoms with E-state index < -0.39 is 27.8 Å². The highest BCUT2D eigenvalue weighted by atomic mass is 32.2. The molecule has 180 valence electrons. The first-order valence-corrected chi connectivity index (χ1v) is 11.6. The Hall–Kier alpha value is -3.45. The lowest BCUT2D eigenvalue weighted by Crippen LogP contribution is -2.26. The average Bonchev–Trinajstić information content (AvgIpc) is 3.18. The minimum absolute atomic E-state index is 0.0118. The number of aromatic nitrogens is 3. The Morgan fingerprint density at radius 2 is 1.85 bits per heavy atom. The Balaban J connectivity index is 1.63. The molecule has 1 aliphatic heterocycles. The number of nitrogen functional groups attached to an aromatic ring is 2. The zero-order chi connectivity index (χ0) is 24.8. The van der Waals surface area contributed by atoms with E-state index in [-0.39, 0.29) is 29.5 Å². The van der Waals surface area contributed by atoms with E-state index in [1.807, 2.05) is 0 Å². The maximum Gasteiger partial charge on any atom is 0.416 e. The molecule has 3 heterocycles. The van der Waals surface area contributed by atoms with Gasteiger partial charge in [-0.05, 0) is 49.7 Å². The Labute approximate surface area is 194 Å². The summed E-state index contributed by atoms with van der Waals surface area (Å²) in [6, 6.07) is 5.51. The maximum atomic E-state index is 13.2. The van der Waals surface area contributed by atoms with Crippen LogP contribution in [0.3, 0.4) is 0 Å². The number of nitrogens with two attached hydrogens (primary N) is 2. The van der Waals surface area contributed by atoms with Gasteiger partial charge in [-0.3, -0.25) is 0 Å². The summed E-state index contributed by atoms with van der Waals surface area (Å²) in [7, 11) is -3.88. The molecule has 2 aromatic heterocycles. The van der Waals surface area contributed by atoms with Crippen LogP contribution in [0.15, 0.2) is 41.4 Å². The molecular formula is C21H22F3N7O2S. The quantitative estimate of drug-likeness (QED) is 0.460. The number of aryl methyl sites for hydroxylation is 1. The average molecular weight is 494 g/mol. The molecule has 1 atom stereocenters. The van der Waals surface area contributed by atoms with E-state index in [1.165, 1.54) is 28.7 Å². The number of nitrogens with one attached hydrogen (secondary N) is 1. The van der Waals surface area contributed by atoms with Gasteiger partial charge in [0.25, 0.3) is 0 Å². The van der Waals surface area contributed by atoms with Crippen molar-refractivity contribution >= 4 is 27.3 Å². The number of benzene rings is 1. The number of hydrogen-bond acceptors (Lipinski definition) is 8. The first-order valence-electron chi connectivity index (χ1n) is 10.2.